The molecular weight excluding hydrogens is 436 g/mol. The Morgan fingerprint density at radius 3 is 2.43 bits per heavy atom. The molecule has 3 N–H and O–H groups in total. The van der Waals surface area contributed by atoms with Crippen molar-refractivity contribution >= 4 is 45.1 Å². The highest BCUT2D eigenvalue weighted by molar-refractivity contribution is 9.10. The van der Waals surface area contributed by atoms with Crippen molar-refractivity contribution in [1.82, 2.24) is 4.98 Å². The van der Waals surface area contributed by atoms with Crippen LogP contribution in [0.1, 0.15) is 12.5 Å². The van der Waals surface area contributed by atoms with Gasteiger partial charge in [-0.25, -0.2) is 4.98 Å². The summed E-state index contributed by atoms with van der Waals surface area (Å²) in [5, 5.41) is 12.3. The van der Waals surface area contributed by atoms with Crippen LogP contribution in [-0.2, 0) is 4.79 Å². The Kier molecular flexibility index (Phi) is 6.02. The molecule has 0 aliphatic rings. The molecular formula is C21H17BrN4OS. The van der Waals surface area contributed by atoms with E-state index in [2.05, 4.69) is 32.3 Å². The Hall–Kier alpha value is -2.82. The van der Waals surface area contributed by atoms with E-state index in [4.69, 9.17) is 5.73 Å². The quantitative estimate of drug-likeness (QED) is 0.523. The fraction of sp³-hybridized carbons (Fsp3) is 0.0952. The Morgan fingerprint density at radius 1 is 1.18 bits per heavy atom. The third-order valence-electron chi connectivity index (χ3n) is 4.14. The zero-order chi connectivity index (χ0) is 20.3. The minimum absolute atomic E-state index is 0.148. The van der Waals surface area contributed by atoms with E-state index in [9.17, 15) is 10.1 Å². The molecule has 0 aliphatic heterocycles. The van der Waals surface area contributed by atoms with E-state index >= 15 is 0 Å². The Balaban J connectivity index is 2.10. The highest BCUT2D eigenvalue weighted by atomic mass is 79.9. The standard InChI is InChI=1S/C21H17BrN4OS/c1-12(27)25-19-8-5-14(9-18(19)22)20-10-16(17(11-23)21(24)26-20)13-3-6-15(28-2)7-4-13/h3-10H,1-2H3,(H2,24,26)(H,25,27). The van der Waals surface area contributed by atoms with Crippen molar-refractivity contribution in [2.45, 2.75) is 11.8 Å². The first kappa shape index (κ1) is 19.9. The summed E-state index contributed by atoms with van der Waals surface area (Å²) in [6.07, 6.45) is 2.01. The molecule has 0 atom stereocenters. The molecule has 0 saturated carbocycles. The number of carbonyl (C=O) groups is 1. The van der Waals surface area contributed by atoms with Crippen LogP contribution < -0.4 is 11.1 Å². The summed E-state index contributed by atoms with van der Waals surface area (Å²) in [6, 6.07) is 17.5. The van der Waals surface area contributed by atoms with Crippen LogP contribution in [0.3, 0.4) is 0 Å². The maximum atomic E-state index is 11.3. The Bertz CT molecular complexity index is 1090. The number of nitrogens with zero attached hydrogens (tertiary/aromatic N) is 2. The highest BCUT2D eigenvalue weighted by Crippen LogP contribution is 2.34. The minimum Gasteiger partial charge on any atom is -0.383 e. The fourth-order valence-electron chi connectivity index (χ4n) is 2.79. The minimum atomic E-state index is -0.148. The topological polar surface area (TPSA) is 91.8 Å². The molecule has 1 aromatic heterocycles. The summed E-state index contributed by atoms with van der Waals surface area (Å²) in [6.45, 7) is 1.46. The molecule has 28 heavy (non-hydrogen) atoms. The van der Waals surface area contributed by atoms with Crippen molar-refractivity contribution in [3.8, 4) is 28.5 Å². The van der Waals surface area contributed by atoms with Gasteiger partial charge in [-0.05, 0) is 58.1 Å². The van der Waals surface area contributed by atoms with Gasteiger partial charge >= 0.3 is 0 Å². The number of carbonyl (C=O) groups excluding carboxylic acids is 1. The lowest BCUT2D eigenvalue weighted by Crippen LogP contribution is -2.06. The molecule has 140 valence electrons. The number of hydrogen-bond acceptors (Lipinski definition) is 5. The number of amides is 1. The van der Waals surface area contributed by atoms with Gasteiger partial charge < -0.3 is 11.1 Å². The lowest BCUT2D eigenvalue weighted by molar-refractivity contribution is -0.114. The maximum absolute atomic E-state index is 11.3. The lowest BCUT2D eigenvalue weighted by atomic mass is 9.98. The average Bonchev–Trinajstić information content (AvgIpc) is 2.68. The molecule has 1 heterocycles. The van der Waals surface area contributed by atoms with E-state index in [-0.39, 0.29) is 11.7 Å². The summed E-state index contributed by atoms with van der Waals surface area (Å²) < 4.78 is 0.732. The average molecular weight is 453 g/mol. The number of nitriles is 1. The number of nitrogens with one attached hydrogen (secondary N) is 1. The second kappa shape index (κ2) is 8.46. The maximum Gasteiger partial charge on any atom is 0.221 e. The molecule has 1 amide bonds. The van der Waals surface area contributed by atoms with Crippen molar-refractivity contribution in [1.29, 1.82) is 5.26 Å². The normalized spacial score (nSPS) is 10.4. The predicted molar refractivity (Wildman–Crippen MR) is 118 cm³/mol. The number of hydrogen-bond donors (Lipinski definition) is 2. The number of halogens is 1. The lowest BCUT2D eigenvalue weighted by Gasteiger charge is -2.12. The molecule has 5 nitrogen and oxygen atoms in total. The third kappa shape index (κ3) is 4.19. The van der Waals surface area contributed by atoms with Crippen molar-refractivity contribution < 1.29 is 4.79 Å². The van der Waals surface area contributed by atoms with E-state index in [0.29, 0.717) is 16.9 Å². The molecule has 3 rings (SSSR count). The van der Waals surface area contributed by atoms with Crippen LogP contribution in [0.4, 0.5) is 11.5 Å². The van der Waals surface area contributed by atoms with Crippen LogP contribution in [0.25, 0.3) is 22.4 Å². The molecule has 3 aromatic rings. The monoisotopic (exact) mass is 452 g/mol. The van der Waals surface area contributed by atoms with Crippen LogP contribution in [0.2, 0.25) is 0 Å². The second-order valence-corrected chi connectivity index (χ2v) is 7.77. The van der Waals surface area contributed by atoms with Gasteiger partial charge in [-0.3, -0.25) is 4.79 Å². The molecule has 0 aliphatic carbocycles. The Labute approximate surface area is 176 Å². The summed E-state index contributed by atoms with van der Waals surface area (Å²) in [5.74, 6) is 0.0381. The van der Waals surface area contributed by atoms with E-state index in [1.54, 1.807) is 17.8 Å². The van der Waals surface area contributed by atoms with Gasteiger partial charge in [0, 0.05) is 27.4 Å². The summed E-state index contributed by atoms with van der Waals surface area (Å²) >= 11 is 5.13. The summed E-state index contributed by atoms with van der Waals surface area (Å²) in [7, 11) is 0. The van der Waals surface area contributed by atoms with Crippen molar-refractivity contribution in [2.75, 3.05) is 17.3 Å². The molecule has 0 fully saturated rings. The SMILES string of the molecule is CSc1ccc(-c2cc(-c3ccc(NC(C)=O)c(Br)c3)nc(N)c2C#N)cc1. The highest BCUT2D eigenvalue weighted by Gasteiger charge is 2.14. The first-order valence-corrected chi connectivity index (χ1v) is 10.4. The van der Waals surface area contributed by atoms with Crippen molar-refractivity contribution in [3.05, 3.63) is 58.6 Å². The molecule has 7 heteroatoms. The number of nitrogen functional groups attached to an aromatic ring is 1. The van der Waals surface area contributed by atoms with Gasteiger partial charge in [0.05, 0.1) is 11.4 Å². The number of aromatic nitrogens is 1. The summed E-state index contributed by atoms with van der Waals surface area (Å²) in [4.78, 5) is 16.8. The zero-order valence-electron chi connectivity index (χ0n) is 15.3. The Morgan fingerprint density at radius 2 is 1.86 bits per heavy atom. The number of benzene rings is 2. The van der Waals surface area contributed by atoms with Crippen LogP contribution >= 0.6 is 27.7 Å². The zero-order valence-corrected chi connectivity index (χ0v) is 17.7. The predicted octanol–water partition coefficient (Wildman–Crippen LogP) is 5.31. The number of anilines is 2. The first-order chi connectivity index (χ1) is 13.4. The third-order valence-corrected chi connectivity index (χ3v) is 5.54. The number of nitrogens with two attached hydrogens (primary N) is 1. The second-order valence-electron chi connectivity index (χ2n) is 6.03. The number of thioether (sulfide) groups is 1. The van der Waals surface area contributed by atoms with E-state index in [1.165, 1.54) is 6.92 Å². The van der Waals surface area contributed by atoms with Crippen molar-refractivity contribution in [2.24, 2.45) is 0 Å². The molecule has 2 aromatic carbocycles. The van der Waals surface area contributed by atoms with Crippen LogP contribution in [0, 0.1) is 11.3 Å². The van der Waals surface area contributed by atoms with Crippen molar-refractivity contribution in [3.63, 3.8) is 0 Å². The van der Waals surface area contributed by atoms with Gasteiger partial charge in [-0.2, -0.15) is 5.26 Å². The molecule has 0 saturated heterocycles. The molecule has 0 bridgehead atoms. The smallest absolute Gasteiger partial charge is 0.221 e. The number of pyridine rings is 1. The largest absolute Gasteiger partial charge is 0.383 e. The van der Waals surface area contributed by atoms with E-state index in [0.717, 1.165) is 26.1 Å². The molecule has 0 unspecified atom stereocenters. The van der Waals surface area contributed by atoms with Gasteiger partial charge in [0.1, 0.15) is 17.5 Å². The van der Waals surface area contributed by atoms with Gasteiger partial charge in [0.15, 0.2) is 0 Å². The van der Waals surface area contributed by atoms with Gasteiger partial charge in [0.2, 0.25) is 5.91 Å². The molecule has 0 spiro atoms. The van der Waals surface area contributed by atoms with Gasteiger partial charge in [0.25, 0.3) is 0 Å². The first-order valence-electron chi connectivity index (χ1n) is 8.35. The van der Waals surface area contributed by atoms with Gasteiger partial charge in [-0.1, -0.05) is 18.2 Å². The fourth-order valence-corrected chi connectivity index (χ4v) is 3.68. The van der Waals surface area contributed by atoms with Crippen LogP contribution in [0.5, 0.6) is 0 Å². The van der Waals surface area contributed by atoms with Crippen LogP contribution in [0.15, 0.2) is 57.9 Å². The number of rotatable bonds is 4. The van der Waals surface area contributed by atoms with Gasteiger partial charge in [-0.15, -0.1) is 11.8 Å². The summed E-state index contributed by atoms with van der Waals surface area (Å²) in [5.41, 5.74) is 10.2. The van der Waals surface area contributed by atoms with E-state index in [1.807, 2.05) is 48.7 Å². The van der Waals surface area contributed by atoms with Crippen LogP contribution in [-0.4, -0.2) is 17.1 Å². The molecule has 0 radical (unpaired) electrons. The van der Waals surface area contributed by atoms with E-state index < -0.39 is 0 Å².